The van der Waals surface area contributed by atoms with Crippen LogP contribution in [-0.2, 0) is 9.47 Å². The predicted molar refractivity (Wildman–Crippen MR) is 89.4 cm³/mol. The number of rotatable bonds is 8. The summed E-state index contributed by atoms with van der Waals surface area (Å²) >= 11 is 0. The molecule has 0 aromatic carbocycles. The molecule has 0 aromatic heterocycles. The molecule has 0 unspecified atom stereocenters. The Hall–Kier alpha value is -0.340. The van der Waals surface area contributed by atoms with E-state index in [-0.39, 0.29) is 24.0 Å². The number of aliphatic imine (C=N–C) groups is 1. The Bertz CT molecular complexity index is 265. The van der Waals surface area contributed by atoms with Crippen LogP contribution in [-0.4, -0.2) is 52.5 Å². The third kappa shape index (κ3) is 9.23. The molecular weight excluding hydrogens is 357 g/mol. The lowest BCUT2D eigenvalue weighted by Crippen LogP contribution is -2.42. The average Bonchev–Trinajstić information content (AvgIpc) is 2.89. The van der Waals surface area contributed by atoms with Crippen molar-refractivity contribution in [3.8, 4) is 0 Å². The van der Waals surface area contributed by atoms with Gasteiger partial charge in [0, 0.05) is 33.4 Å². The molecule has 1 aliphatic rings. The normalized spacial score (nSPS) is 15.4. The van der Waals surface area contributed by atoms with Crippen LogP contribution in [0.5, 0.6) is 0 Å². The molecule has 0 saturated heterocycles. The lowest BCUT2D eigenvalue weighted by molar-refractivity contribution is 0.0698. The largest absolute Gasteiger partial charge is 0.382 e. The Kier molecular flexibility index (Phi) is 12.5. The highest BCUT2D eigenvalue weighted by atomic mass is 127. The summed E-state index contributed by atoms with van der Waals surface area (Å²) in [6.07, 6.45) is 7.54. The van der Waals surface area contributed by atoms with Crippen molar-refractivity contribution in [1.29, 1.82) is 0 Å². The first kappa shape index (κ1) is 18.7. The molecule has 0 bridgehead atoms. The molecule has 0 saturated carbocycles. The fraction of sp³-hybridized carbons (Fsp3) is 0.769. The molecule has 19 heavy (non-hydrogen) atoms. The van der Waals surface area contributed by atoms with Crippen LogP contribution in [0.25, 0.3) is 0 Å². The van der Waals surface area contributed by atoms with Gasteiger partial charge in [-0.25, -0.2) is 0 Å². The lowest BCUT2D eigenvalue weighted by Gasteiger charge is -2.16. The highest BCUT2D eigenvalue weighted by Gasteiger charge is 2.10. The van der Waals surface area contributed by atoms with Gasteiger partial charge in [0.05, 0.1) is 13.2 Å². The van der Waals surface area contributed by atoms with E-state index in [1.54, 1.807) is 14.2 Å². The van der Waals surface area contributed by atoms with Crippen molar-refractivity contribution in [2.24, 2.45) is 4.99 Å². The van der Waals surface area contributed by atoms with E-state index in [0.29, 0.717) is 19.3 Å². The number of nitrogens with zero attached hydrogens (tertiary/aromatic N) is 1. The second-order valence-corrected chi connectivity index (χ2v) is 4.24. The van der Waals surface area contributed by atoms with Crippen molar-refractivity contribution < 1.29 is 9.47 Å². The average molecular weight is 383 g/mol. The molecule has 0 heterocycles. The van der Waals surface area contributed by atoms with Crippen LogP contribution in [0.4, 0.5) is 0 Å². The van der Waals surface area contributed by atoms with Gasteiger partial charge < -0.3 is 20.1 Å². The van der Waals surface area contributed by atoms with Crippen molar-refractivity contribution in [1.82, 2.24) is 10.6 Å². The van der Waals surface area contributed by atoms with Gasteiger partial charge in [-0.3, -0.25) is 4.99 Å². The summed E-state index contributed by atoms with van der Waals surface area (Å²) < 4.78 is 10.3. The summed E-state index contributed by atoms with van der Waals surface area (Å²) in [6.45, 7) is 2.94. The molecule has 0 aromatic rings. The molecule has 112 valence electrons. The predicted octanol–water partition coefficient (Wildman–Crippen LogP) is 1.54. The van der Waals surface area contributed by atoms with Crippen molar-refractivity contribution in [2.45, 2.75) is 25.3 Å². The number of nitrogens with one attached hydrogen (secondary N) is 2. The maximum atomic E-state index is 5.39. The Morgan fingerprint density at radius 3 is 2.63 bits per heavy atom. The smallest absolute Gasteiger partial charge is 0.191 e. The fourth-order valence-corrected chi connectivity index (χ4v) is 1.75. The topological polar surface area (TPSA) is 54.9 Å². The summed E-state index contributed by atoms with van der Waals surface area (Å²) in [4.78, 5) is 4.20. The summed E-state index contributed by atoms with van der Waals surface area (Å²) in [6, 6.07) is 0.495. The molecule has 2 N–H and O–H groups in total. The Balaban J connectivity index is 0.00000324. The van der Waals surface area contributed by atoms with E-state index in [2.05, 4.69) is 27.8 Å². The van der Waals surface area contributed by atoms with Crippen molar-refractivity contribution >= 4 is 29.9 Å². The first-order valence-corrected chi connectivity index (χ1v) is 6.55. The molecule has 1 rings (SSSR count). The van der Waals surface area contributed by atoms with E-state index in [0.717, 1.165) is 38.4 Å². The molecular formula is C13H26IN3O2. The Labute approximate surface area is 133 Å². The number of ether oxygens (including phenoxy) is 2. The zero-order chi connectivity index (χ0) is 13.1. The maximum absolute atomic E-state index is 5.39. The fourth-order valence-electron chi connectivity index (χ4n) is 1.75. The molecule has 0 aliphatic heterocycles. The zero-order valence-electron chi connectivity index (χ0n) is 11.9. The molecule has 0 amide bonds. The minimum Gasteiger partial charge on any atom is -0.382 e. The van der Waals surface area contributed by atoms with Crippen molar-refractivity contribution in [3.63, 3.8) is 0 Å². The second-order valence-electron chi connectivity index (χ2n) is 4.24. The van der Waals surface area contributed by atoms with Gasteiger partial charge in [-0.1, -0.05) is 12.2 Å². The highest BCUT2D eigenvalue weighted by molar-refractivity contribution is 14.0. The minimum atomic E-state index is 0. The Morgan fingerprint density at radius 1 is 1.26 bits per heavy atom. The van der Waals surface area contributed by atoms with Crippen molar-refractivity contribution in [3.05, 3.63) is 12.2 Å². The van der Waals surface area contributed by atoms with E-state index in [4.69, 9.17) is 9.47 Å². The first-order valence-electron chi connectivity index (χ1n) is 6.55. The standard InChI is InChI=1S/C13H25N3O2.HI/c1-14-13(16-12-6-3-4-7-12)15-8-5-9-18-11-10-17-2;/h3-4,12H,5-11H2,1-2H3,(H2,14,15,16);1H. The number of methoxy groups -OCH3 is 1. The van der Waals surface area contributed by atoms with Crippen LogP contribution in [0.1, 0.15) is 19.3 Å². The highest BCUT2D eigenvalue weighted by Crippen LogP contribution is 2.08. The van der Waals surface area contributed by atoms with Gasteiger partial charge in [-0.2, -0.15) is 0 Å². The van der Waals surface area contributed by atoms with Gasteiger partial charge in [0.2, 0.25) is 0 Å². The minimum absolute atomic E-state index is 0. The van der Waals surface area contributed by atoms with E-state index >= 15 is 0 Å². The number of guanidine groups is 1. The summed E-state index contributed by atoms with van der Waals surface area (Å²) in [5, 5.41) is 6.68. The lowest BCUT2D eigenvalue weighted by atomic mass is 10.2. The molecule has 0 fully saturated rings. The van der Waals surface area contributed by atoms with E-state index in [9.17, 15) is 0 Å². The molecule has 1 aliphatic carbocycles. The van der Waals surface area contributed by atoms with Gasteiger partial charge in [-0.05, 0) is 19.3 Å². The third-order valence-electron chi connectivity index (χ3n) is 2.76. The van der Waals surface area contributed by atoms with Gasteiger partial charge in [0.25, 0.3) is 0 Å². The molecule has 0 atom stereocenters. The number of halogens is 1. The number of hydrogen-bond acceptors (Lipinski definition) is 3. The molecule has 0 spiro atoms. The summed E-state index contributed by atoms with van der Waals surface area (Å²) in [5.74, 6) is 0.876. The quantitative estimate of drug-likeness (QED) is 0.220. The van der Waals surface area contributed by atoms with E-state index in [1.165, 1.54) is 0 Å². The molecule has 5 nitrogen and oxygen atoms in total. The maximum Gasteiger partial charge on any atom is 0.191 e. The number of hydrogen-bond donors (Lipinski definition) is 2. The van der Waals surface area contributed by atoms with Crippen LogP contribution in [0, 0.1) is 0 Å². The summed E-state index contributed by atoms with van der Waals surface area (Å²) in [5.41, 5.74) is 0. The van der Waals surface area contributed by atoms with Crippen LogP contribution >= 0.6 is 24.0 Å². The monoisotopic (exact) mass is 383 g/mol. The summed E-state index contributed by atoms with van der Waals surface area (Å²) in [7, 11) is 3.48. The van der Waals surface area contributed by atoms with Crippen LogP contribution in [0.3, 0.4) is 0 Å². The van der Waals surface area contributed by atoms with E-state index in [1.807, 2.05) is 0 Å². The van der Waals surface area contributed by atoms with Gasteiger partial charge in [0.15, 0.2) is 5.96 Å². The SMILES string of the molecule is CN=C(NCCCOCCOC)NC1CC=CC1.I. The van der Waals surface area contributed by atoms with Crippen LogP contribution < -0.4 is 10.6 Å². The zero-order valence-corrected chi connectivity index (χ0v) is 14.2. The van der Waals surface area contributed by atoms with Gasteiger partial charge in [-0.15, -0.1) is 24.0 Å². The first-order chi connectivity index (χ1) is 8.86. The van der Waals surface area contributed by atoms with Crippen LogP contribution in [0.2, 0.25) is 0 Å². The second kappa shape index (κ2) is 12.7. The van der Waals surface area contributed by atoms with Crippen molar-refractivity contribution in [2.75, 3.05) is 40.5 Å². The van der Waals surface area contributed by atoms with E-state index < -0.39 is 0 Å². The molecule has 6 heteroatoms. The molecule has 0 radical (unpaired) electrons. The van der Waals surface area contributed by atoms with Gasteiger partial charge >= 0.3 is 0 Å². The van der Waals surface area contributed by atoms with Gasteiger partial charge in [0.1, 0.15) is 0 Å². The Morgan fingerprint density at radius 2 is 2.00 bits per heavy atom. The third-order valence-corrected chi connectivity index (χ3v) is 2.76. The van der Waals surface area contributed by atoms with Crippen LogP contribution in [0.15, 0.2) is 17.1 Å².